The Morgan fingerprint density at radius 2 is 1.15 bits per heavy atom. The van der Waals surface area contributed by atoms with Crippen molar-refractivity contribution in [3.05, 3.63) is 89.5 Å². The zero-order chi connectivity index (χ0) is 59.5. The molecular weight excluding hydrogens is 1030 g/mol. The van der Waals surface area contributed by atoms with E-state index in [9.17, 15) is 47.9 Å². The Kier molecular flexibility index (Phi) is 28.2. The third kappa shape index (κ3) is 22.0. The molecular formula is C58H84N10O12. The fourth-order valence-electron chi connectivity index (χ4n) is 8.08. The van der Waals surface area contributed by atoms with Crippen molar-refractivity contribution in [3.8, 4) is 11.5 Å². The summed E-state index contributed by atoms with van der Waals surface area (Å²) in [6.07, 6.45) is 2.35. The van der Waals surface area contributed by atoms with E-state index in [0.717, 1.165) is 12.8 Å². The second kappa shape index (κ2) is 34.1. The summed E-state index contributed by atoms with van der Waals surface area (Å²) in [7, 11) is 2.79. The number of rotatable bonds is 31. The van der Waals surface area contributed by atoms with Crippen LogP contribution in [0.3, 0.4) is 0 Å². The van der Waals surface area contributed by atoms with Crippen molar-refractivity contribution in [2.24, 2.45) is 23.7 Å². The number of hydrazine groups is 1. The molecule has 0 bridgehead atoms. The largest absolute Gasteiger partial charge is 0.496 e. The van der Waals surface area contributed by atoms with Gasteiger partial charge in [-0.2, -0.15) is 0 Å². The Hall–Kier alpha value is -8.04. The van der Waals surface area contributed by atoms with Gasteiger partial charge in [0.25, 0.3) is 11.8 Å². The molecule has 3 rings (SSSR count). The highest BCUT2D eigenvalue weighted by Crippen LogP contribution is 2.23. The number of likely N-dealkylation sites (N-methyl/N-ethyl adjacent to an activating group) is 1. The number of nitrogens with one attached hydrogen (secondary N) is 10. The zero-order valence-electron chi connectivity index (χ0n) is 48.1. The molecule has 22 nitrogen and oxygen atoms in total. The Bertz CT molecular complexity index is 2580. The van der Waals surface area contributed by atoms with E-state index in [0.29, 0.717) is 30.8 Å². The minimum absolute atomic E-state index is 0.00922. The molecule has 80 heavy (non-hydrogen) atoms. The van der Waals surface area contributed by atoms with Crippen molar-refractivity contribution in [2.45, 2.75) is 144 Å². The molecule has 0 spiro atoms. The Morgan fingerprint density at radius 1 is 0.550 bits per heavy atom. The number of amides is 10. The molecule has 438 valence electrons. The van der Waals surface area contributed by atoms with E-state index in [4.69, 9.17) is 9.47 Å². The van der Waals surface area contributed by atoms with Gasteiger partial charge in [0.05, 0.1) is 24.8 Å². The van der Waals surface area contributed by atoms with Crippen LogP contribution in [0.4, 0.5) is 5.69 Å². The first kappa shape index (κ1) is 66.2. The summed E-state index contributed by atoms with van der Waals surface area (Å²) >= 11 is 0. The van der Waals surface area contributed by atoms with Crippen molar-refractivity contribution in [3.63, 3.8) is 0 Å². The van der Waals surface area contributed by atoms with E-state index < -0.39 is 101 Å². The van der Waals surface area contributed by atoms with Crippen molar-refractivity contribution in [1.82, 2.24) is 48.1 Å². The molecule has 0 aromatic heterocycles. The number of methoxy groups -OCH3 is 1. The van der Waals surface area contributed by atoms with E-state index in [-0.39, 0.29) is 66.6 Å². The number of unbranched alkanes of at least 4 members (excludes halogenated alkanes) is 1. The molecule has 10 amide bonds. The molecule has 22 heteroatoms. The van der Waals surface area contributed by atoms with Crippen LogP contribution in [0, 0.1) is 23.7 Å². The average Bonchev–Trinajstić information content (AvgIpc) is 3.43. The quantitative estimate of drug-likeness (QED) is 0.0249. The van der Waals surface area contributed by atoms with Crippen LogP contribution < -0.4 is 62.9 Å². The first-order chi connectivity index (χ1) is 38.0. The minimum Gasteiger partial charge on any atom is -0.496 e. The lowest BCUT2D eigenvalue weighted by molar-refractivity contribution is -0.136. The molecule has 0 aliphatic carbocycles. The van der Waals surface area contributed by atoms with Crippen LogP contribution in [0.1, 0.15) is 134 Å². The lowest BCUT2D eigenvalue weighted by atomic mass is 9.95. The van der Waals surface area contributed by atoms with Crippen molar-refractivity contribution in [1.29, 1.82) is 0 Å². The summed E-state index contributed by atoms with van der Waals surface area (Å²) in [5, 5.41) is 21.6. The molecule has 0 aliphatic rings. The summed E-state index contributed by atoms with van der Waals surface area (Å²) in [6.45, 7) is 16.6. The smallest absolute Gasteiger partial charge is 0.313 e. The van der Waals surface area contributed by atoms with E-state index >= 15 is 0 Å². The van der Waals surface area contributed by atoms with Gasteiger partial charge in [-0.3, -0.25) is 58.8 Å². The van der Waals surface area contributed by atoms with Crippen molar-refractivity contribution >= 4 is 64.8 Å². The minimum atomic E-state index is -1.40. The van der Waals surface area contributed by atoms with Crippen LogP contribution in [0.15, 0.2) is 72.8 Å². The van der Waals surface area contributed by atoms with Gasteiger partial charge in [-0.1, -0.05) is 118 Å². The lowest BCUT2D eigenvalue weighted by Gasteiger charge is -2.29. The van der Waals surface area contributed by atoms with E-state index in [2.05, 4.69) is 53.4 Å². The maximum atomic E-state index is 14.7. The molecule has 6 atom stereocenters. The number of hydrogen-bond donors (Lipinski definition) is 10. The Balaban J connectivity index is 1.96. The monoisotopic (exact) mass is 1110 g/mol. The van der Waals surface area contributed by atoms with Gasteiger partial charge in [-0.15, -0.1) is 0 Å². The number of para-hydroxylation sites is 1. The number of hydrogen-bond acceptors (Lipinski definition) is 12. The van der Waals surface area contributed by atoms with Gasteiger partial charge >= 0.3 is 11.8 Å². The third-order valence-electron chi connectivity index (χ3n) is 12.8. The van der Waals surface area contributed by atoms with Gasteiger partial charge in [-0.25, -0.2) is 0 Å². The normalized spacial score (nSPS) is 13.2. The summed E-state index contributed by atoms with van der Waals surface area (Å²) < 4.78 is 11.2. The molecule has 3 aromatic rings. The van der Waals surface area contributed by atoms with Crippen LogP contribution >= 0.6 is 0 Å². The second-order valence-corrected chi connectivity index (χ2v) is 20.7. The average molecular weight is 1110 g/mol. The van der Waals surface area contributed by atoms with Crippen LogP contribution in [0.25, 0.3) is 0 Å². The number of carbonyl (C=O) groups is 10. The van der Waals surface area contributed by atoms with Crippen LogP contribution in [-0.4, -0.2) is 117 Å². The number of benzene rings is 3. The lowest BCUT2D eigenvalue weighted by Crippen LogP contribution is -2.60. The Labute approximate surface area is 469 Å². The highest BCUT2D eigenvalue weighted by Gasteiger charge is 2.35. The zero-order valence-corrected chi connectivity index (χ0v) is 48.1. The summed E-state index contributed by atoms with van der Waals surface area (Å²) in [6, 6.07) is 13.6. The van der Waals surface area contributed by atoms with E-state index in [1.165, 1.54) is 32.4 Å². The molecule has 3 aromatic carbocycles. The van der Waals surface area contributed by atoms with Gasteiger partial charge in [0.2, 0.25) is 35.4 Å². The summed E-state index contributed by atoms with van der Waals surface area (Å²) in [5.74, 6) is -7.70. The van der Waals surface area contributed by atoms with Gasteiger partial charge in [0.15, 0.2) is 0 Å². The highest BCUT2D eigenvalue weighted by molar-refractivity contribution is 6.39. The van der Waals surface area contributed by atoms with E-state index in [1.54, 1.807) is 75.4 Å². The molecule has 0 unspecified atom stereocenters. The first-order valence-corrected chi connectivity index (χ1v) is 27.4. The maximum absolute atomic E-state index is 14.7. The fourth-order valence-corrected chi connectivity index (χ4v) is 8.08. The Morgan fingerprint density at radius 3 is 1.76 bits per heavy atom. The van der Waals surface area contributed by atoms with Crippen molar-refractivity contribution < 1.29 is 57.4 Å². The maximum Gasteiger partial charge on any atom is 0.313 e. The molecule has 0 aliphatic heterocycles. The van der Waals surface area contributed by atoms with E-state index in [1.807, 2.05) is 41.5 Å². The topological polar surface area (TPSA) is 309 Å². The SMILES string of the molecule is CCCCOc1ccccc1C(=O)N[C@H](CC(C)C)C(=O)N[C@H](CCCNC(=O)C(=O)Nc1ccc(OC)c(C(=O)NNC(=O)C(C)C)c1)C(=O)N[C@H](Cc1ccccc1)C(=O)N[C@@H](C(=O)N[C@H](CC(C)C)C(=O)NC)[C@H](C)CC. The molecule has 10 N–H and O–H groups in total. The van der Waals surface area contributed by atoms with Crippen LogP contribution in [0.2, 0.25) is 0 Å². The fraction of sp³-hybridized carbons (Fsp3) is 0.517. The van der Waals surface area contributed by atoms with Crippen LogP contribution in [0.5, 0.6) is 11.5 Å². The summed E-state index contributed by atoms with van der Waals surface area (Å²) in [4.78, 5) is 136. The predicted molar refractivity (Wildman–Crippen MR) is 303 cm³/mol. The standard InChI is InChI=1S/C58H84N10O12/c1-12-14-29-80-47-25-19-18-23-40(47)50(70)63-44(31-35(5)6)54(74)62-42(24-20-28-60-57(77)58(78)61-39-26-27-46(79-11)41(33-39)51(71)68-67-49(69)36(7)8)53(73)64-45(32-38-21-16-15-17-22-38)55(75)66-48(37(9)13-2)56(76)65-43(30-34(3)4)52(72)59-10/h15-19,21-23,25-27,33-37,42-45,48H,12-14,20,24,28-32H2,1-11H3,(H,59,72)(H,60,77)(H,61,78)(H,62,74)(H,63,70)(H,64,73)(H,65,76)(H,66,75)(H,67,69)(H,68,71)/t37-,42-,43-,44-,45-,48-/m1/s1. The van der Waals surface area contributed by atoms with Gasteiger partial charge in [0, 0.05) is 31.6 Å². The van der Waals surface area contributed by atoms with Crippen molar-refractivity contribution in [2.75, 3.05) is 32.6 Å². The molecule has 0 saturated carbocycles. The van der Waals surface area contributed by atoms with Gasteiger partial charge in [-0.05, 0) is 85.8 Å². The number of anilines is 1. The third-order valence-corrected chi connectivity index (χ3v) is 12.8. The highest BCUT2D eigenvalue weighted by atomic mass is 16.5. The molecule has 0 heterocycles. The van der Waals surface area contributed by atoms with Gasteiger partial charge < -0.3 is 52.0 Å². The van der Waals surface area contributed by atoms with Crippen LogP contribution in [-0.2, 0) is 44.8 Å². The number of ether oxygens (including phenoxy) is 2. The molecule has 0 fully saturated rings. The predicted octanol–water partition coefficient (Wildman–Crippen LogP) is 3.99. The summed E-state index contributed by atoms with van der Waals surface area (Å²) in [5.41, 5.74) is 5.42. The second-order valence-electron chi connectivity index (χ2n) is 20.7. The molecule has 0 saturated heterocycles. The number of carbonyl (C=O) groups excluding carboxylic acids is 10. The first-order valence-electron chi connectivity index (χ1n) is 27.4. The van der Waals surface area contributed by atoms with Gasteiger partial charge in [0.1, 0.15) is 41.7 Å². The molecule has 0 radical (unpaired) electrons.